The Kier molecular flexibility index (Phi) is 2.10. The Morgan fingerprint density at radius 2 is 2.38 bits per heavy atom. The summed E-state index contributed by atoms with van der Waals surface area (Å²) in [7, 11) is 0. The van der Waals surface area contributed by atoms with Gasteiger partial charge in [0.2, 0.25) is 0 Å². The van der Waals surface area contributed by atoms with Crippen LogP contribution in [0.15, 0.2) is 18.5 Å². The molecule has 3 rings (SSSR count). The molecule has 0 aliphatic heterocycles. The summed E-state index contributed by atoms with van der Waals surface area (Å²) in [6.07, 6.45) is 7.72. The second kappa shape index (κ2) is 3.60. The molecule has 0 N–H and O–H groups in total. The molecule has 2 aromatic heterocycles. The van der Waals surface area contributed by atoms with E-state index in [1.54, 1.807) is 10.7 Å². The third kappa shape index (κ3) is 1.28. The third-order valence-corrected chi connectivity index (χ3v) is 3.27. The number of hydrogen-bond acceptors (Lipinski definition) is 3. The minimum atomic E-state index is 0.409. The van der Waals surface area contributed by atoms with Crippen LogP contribution in [0.2, 0.25) is 0 Å². The van der Waals surface area contributed by atoms with Crippen molar-refractivity contribution in [2.24, 2.45) is 0 Å². The summed E-state index contributed by atoms with van der Waals surface area (Å²) in [6, 6.07) is 4.07. The van der Waals surface area contributed by atoms with E-state index in [-0.39, 0.29) is 0 Å². The van der Waals surface area contributed by atoms with Crippen molar-refractivity contribution in [1.82, 2.24) is 14.6 Å². The molecule has 0 saturated heterocycles. The highest BCUT2D eigenvalue weighted by molar-refractivity contribution is 5.52. The fraction of sp³-hybridized carbons (Fsp3) is 0.417. The Morgan fingerprint density at radius 3 is 3.06 bits per heavy atom. The lowest BCUT2D eigenvalue weighted by Crippen LogP contribution is -2.11. The maximum absolute atomic E-state index is 8.88. The van der Waals surface area contributed by atoms with Crippen molar-refractivity contribution < 1.29 is 0 Å². The highest BCUT2D eigenvalue weighted by atomic mass is 15.3. The van der Waals surface area contributed by atoms with Crippen LogP contribution in [0.25, 0.3) is 5.65 Å². The van der Waals surface area contributed by atoms with E-state index in [9.17, 15) is 0 Å². The molecule has 4 nitrogen and oxygen atoms in total. The van der Waals surface area contributed by atoms with Crippen molar-refractivity contribution in [2.75, 3.05) is 0 Å². The number of fused-ring (bicyclic) bond motifs is 1. The molecule has 2 heterocycles. The number of hydrogen-bond donors (Lipinski definition) is 0. The first-order valence-electron chi connectivity index (χ1n) is 5.59. The second-order valence-corrected chi connectivity index (χ2v) is 4.21. The predicted octanol–water partition coefficient (Wildman–Crippen LogP) is 2.06. The normalized spacial score (nSPS) is 15.9. The van der Waals surface area contributed by atoms with Crippen LogP contribution >= 0.6 is 0 Å². The van der Waals surface area contributed by atoms with Gasteiger partial charge in [-0.3, -0.25) is 0 Å². The summed E-state index contributed by atoms with van der Waals surface area (Å²) in [4.78, 5) is 4.31. The first-order valence-corrected chi connectivity index (χ1v) is 5.59. The van der Waals surface area contributed by atoms with E-state index in [2.05, 4.69) is 16.2 Å². The zero-order valence-corrected chi connectivity index (χ0v) is 8.93. The third-order valence-electron chi connectivity index (χ3n) is 3.27. The molecule has 0 bridgehead atoms. The van der Waals surface area contributed by atoms with E-state index in [0.717, 1.165) is 16.9 Å². The summed E-state index contributed by atoms with van der Waals surface area (Å²) in [5.74, 6) is 0.546. The fourth-order valence-corrected chi connectivity index (χ4v) is 2.21. The van der Waals surface area contributed by atoms with E-state index in [0.29, 0.717) is 12.3 Å². The van der Waals surface area contributed by atoms with E-state index in [1.165, 1.54) is 19.3 Å². The SMILES string of the molecule is N#CCc1c(C2CCC2)nn2cccnc12. The van der Waals surface area contributed by atoms with Crippen molar-refractivity contribution in [2.45, 2.75) is 31.6 Å². The van der Waals surface area contributed by atoms with Crippen molar-refractivity contribution >= 4 is 5.65 Å². The van der Waals surface area contributed by atoms with E-state index < -0.39 is 0 Å². The molecule has 1 fully saturated rings. The monoisotopic (exact) mass is 212 g/mol. The van der Waals surface area contributed by atoms with Gasteiger partial charge in [0, 0.05) is 23.9 Å². The van der Waals surface area contributed by atoms with Crippen LogP contribution in [-0.2, 0) is 6.42 Å². The maximum atomic E-state index is 8.88. The molecule has 80 valence electrons. The Morgan fingerprint density at radius 1 is 1.50 bits per heavy atom. The standard InChI is InChI=1S/C12H12N4/c13-6-5-10-11(9-3-1-4-9)15-16-8-2-7-14-12(10)16/h2,7-9H,1,3-5H2. The summed E-state index contributed by atoms with van der Waals surface area (Å²) in [6.45, 7) is 0. The van der Waals surface area contributed by atoms with Crippen LogP contribution in [0.4, 0.5) is 0 Å². The van der Waals surface area contributed by atoms with Crippen molar-refractivity contribution in [1.29, 1.82) is 5.26 Å². The largest absolute Gasteiger partial charge is 0.237 e. The van der Waals surface area contributed by atoms with Crippen molar-refractivity contribution in [3.05, 3.63) is 29.7 Å². The lowest BCUT2D eigenvalue weighted by atomic mass is 9.81. The van der Waals surface area contributed by atoms with E-state index in [4.69, 9.17) is 5.26 Å². The maximum Gasteiger partial charge on any atom is 0.159 e. The molecular formula is C12H12N4. The van der Waals surface area contributed by atoms with Gasteiger partial charge in [0.25, 0.3) is 0 Å². The van der Waals surface area contributed by atoms with Gasteiger partial charge in [0.15, 0.2) is 5.65 Å². The smallest absolute Gasteiger partial charge is 0.159 e. The average molecular weight is 212 g/mol. The number of nitriles is 1. The van der Waals surface area contributed by atoms with E-state index in [1.807, 2.05) is 12.3 Å². The van der Waals surface area contributed by atoms with Crippen LogP contribution in [-0.4, -0.2) is 14.6 Å². The predicted molar refractivity (Wildman–Crippen MR) is 58.9 cm³/mol. The summed E-state index contributed by atoms with van der Waals surface area (Å²) >= 11 is 0. The molecule has 0 radical (unpaired) electrons. The van der Waals surface area contributed by atoms with Gasteiger partial charge in [-0.15, -0.1) is 0 Å². The minimum absolute atomic E-state index is 0.409. The van der Waals surface area contributed by atoms with Crippen LogP contribution in [0, 0.1) is 11.3 Å². The van der Waals surface area contributed by atoms with Crippen LogP contribution in [0.5, 0.6) is 0 Å². The molecule has 2 aromatic rings. The number of rotatable bonds is 2. The average Bonchev–Trinajstić information content (AvgIpc) is 2.56. The van der Waals surface area contributed by atoms with Crippen molar-refractivity contribution in [3.63, 3.8) is 0 Å². The Balaban J connectivity index is 2.18. The molecular weight excluding hydrogens is 200 g/mol. The molecule has 0 amide bonds. The first kappa shape index (κ1) is 9.34. The second-order valence-electron chi connectivity index (χ2n) is 4.21. The zero-order valence-electron chi connectivity index (χ0n) is 8.93. The highest BCUT2D eigenvalue weighted by Crippen LogP contribution is 2.38. The van der Waals surface area contributed by atoms with Gasteiger partial charge in [-0.2, -0.15) is 10.4 Å². The molecule has 0 atom stereocenters. The lowest BCUT2D eigenvalue weighted by Gasteiger charge is -2.23. The van der Waals surface area contributed by atoms with Gasteiger partial charge in [-0.05, 0) is 18.9 Å². The van der Waals surface area contributed by atoms with Gasteiger partial charge in [0.05, 0.1) is 18.2 Å². The summed E-state index contributed by atoms with van der Waals surface area (Å²) in [5.41, 5.74) is 2.95. The summed E-state index contributed by atoms with van der Waals surface area (Å²) in [5, 5.41) is 13.4. The fourth-order valence-electron chi connectivity index (χ4n) is 2.21. The molecule has 1 saturated carbocycles. The van der Waals surface area contributed by atoms with Crippen LogP contribution in [0.3, 0.4) is 0 Å². The topological polar surface area (TPSA) is 54.0 Å². The Bertz CT molecular complexity index is 560. The Hall–Kier alpha value is -1.89. The molecule has 1 aliphatic carbocycles. The lowest BCUT2D eigenvalue weighted by molar-refractivity contribution is 0.408. The molecule has 4 heteroatoms. The van der Waals surface area contributed by atoms with Gasteiger partial charge in [0.1, 0.15) is 0 Å². The van der Waals surface area contributed by atoms with Gasteiger partial charge in [-0.1, -0.05) is 6.42 Å². The first-order chi connectivity index (χ1) is 7.90. The van der Waals surface area contributed by atoms with Crippen LogP contribution in [0.1, 0.15) is 36.4 Å². The van der Waals surface area contributed by atoms with Gasteiger partial charge in [-0.25, -0.2) is 9.50 Å². The van der Waals surface area contributed by atoms with Crippen molar-refractivity contribution in [3.8, 4) is 6.07 Å². The quantitative estimate of drug-likeness (QED) is 0.765. The zero-order chi connectivity index (χ0) is 11.0. The molecule has 0 unspecified atom stereocenters. The van der Waals surface area contributed by atoms with Gasteiger partial charge >= 0.3 is 0 Å². The molecule has 0 aromatic carbocycles. The van der Waals surface area contributed by atoms with Crippen LogP contribution < -0.4 is 0 Å². The number of nitrogens with zero attached hydrogens (tertiary/aromatic N) is 4. The molecule has 0 spiro atoms. The highest BCUT2D eigenvalue weighted by Gasteiger charge is 2.26. The number of aromatic nitrogens is 3. The Labute approximate surface area is 93.5 Å². The molecule has 16 heavy (non-hydrogen) atoms. The minimum Gasteiger partial charge on any atom is -0.237 e. The van der Waals surface area contributed by atoms with Gasteiger partial charge < -0.3 is 0 Å². The van der Waals surface area contributed by atoms with E-state index >= 15 is 0 Å². The summed E-state index contributed by atoms with van der Waals surface area (Å²) < 4.78 is 1.79. The molecule has 1 aliphatic rings.